The molecular formula is C19H18ClN3O3. The summed E-state index contributed by atoms with van der Waals surface area (Å²) >= 11 is 6.04. The first-order valence-electron chi connectivity index (χ1n) is 7.64. The molecule has 0 spiro atoms. The van der Waals surface area contributed by atoms with Gasteiger partial charge in [-0.1, -0.05) is 17.7 Å². The monoisotopic (exact) mass is 371 g/mol. The summed E-state index contributed by atoms with van der Waals surface area (Å²) in [5.74, 6) is 0.599. The largest absolute Gasteiger partial charge is 0.497 e. The van der Waals surface area contributed by atoms with Gasteiger partial charge in [-0.3, -0.25) is 4.79 Å². The molecule has 0 unspecified atom stereocenters. The average Bonchev–Trinajstić information content (AvgIpc) is 2.65. The number of benzene rings is 2. The maximum atomic E-state index is 12.3. The lowest BCUT2D eigenvalue weighted by Gasteiger charge is -2.10. The van der Waals surface area contributed by atoms with Crippen LogP contribution in [0.15, 0.2) is 48.2 Å². The molecule has 0 radical (unpaired) electrons. The molecule has 1 amide bonds. The van der Waals surface area contributed by atoms with E-state index in [1.54, 1.807) is 43.5 Å². The van der Waals surface area contributed by atoms with Crippen molar-refractivity contribution in [1.29, 1.82) is 5.26 Å². The number of aryl methyl sites for hydroxylation is 1. The molecule has 26 heavy (non-hydrogen) atoms. The first kappa shape index (κ1) is 19.2. The minimum Gasteiger partial charge on any atom is -0.497 e. The maximum Gasteiger partial charge on any atom is 0.267 e. The molecule has 2 rings (SSSR count). The standard InChI is InChI=1S/C19H18ClN3O3/c1-12-4-5-14(8-16(12)20)23-19(24)13(10-21)11-22-17-7-6-15(25-2)9-18(17)26-3/h4-9,11,22H,1-3H3,(H,23,24)/b13-11-. The fraction of sp³-hybridized carbons (Fsp3) is 0.158. The minimum absolute atomic E-state index is 0.0976. The van der Waals surface area contributed by atoms with Gasteiger partial charge in [0.25, 0.3) is 5.91 Å². The highest BCUT2D eigenvalue weighted by Gasteiger charge is 2.11. The summed E-state index contributed by atoms with van der Waals surface area (Å²) in [5.41, 5.74) is 1.90. The molecular weight excluding hydrogens is 354 g/mol. The first-order chi connectivity index (χ1) is 12.5. The minimum atomic E-state index is -0.549. The summed E-state index contributed by atoms with van der Waals surface area (Å²) < 4.78 is 10.4. The smallest absolute Gasteiger partial charge is 0.267 e. The summed E-state index contributed by atoms with van der Waals surface area (Å²) in [5, 5.41) is 15.3. The molecule has 0 atom stereocenters. The number of carbonyl (C=O) groups excluding carboxylic acids is 1. The number of nitrogens with zero attached hydrogens (tertiary/aromatic N) is 1. The molecule has 0 aliphatic rings. The van der Waals surface area contributed by atoms with Crippen molar-refractivity contribution in [3.8, 4) is 17.6 Å². The summed E-state index contributed by atoms with van der Waals surface area (Å²) in [6, 6.07) is 12.1. The van der Waals surface area contributed by atoms with Crippen LogP contribution in [0.1, 0.15) is 5.56 Å². The summed E-state index contributed by atoms with van der Waals surface area (Å²) in [4.78, 5) is 12.3. The molecule has 6 nitrogen and oxygen atoms in total. The van der Waals surface area contributed by atoms with Crippen molar-refractivity contribution in [3.63, 3.8) is 0 Å². The van der Waals surface area contributed by atoms with Crippen molar-refractivity contribution >= 4 is 28.9 Å². The van der Waals surface area contributed by atoms with Gasteiger partial charge in [0.15, 0.2) is 0 Å². The Morgan fingerprint density at radius 1 is 1.19 bits per heavy atom. The van der Waals surface area contributed by atoms with Crippen LogP contribution in [0.2, 0.25) is 5.02 Å². The van der Waals surface area contributed by atoms with Gasteiger partial charge in [-0.15, -0.1) is 0 Å². The first-order valence-corrected chi connectivity index (χ1v) is 8.02. The van der Waals surface area contributed by atoms with Crippen LogP contribution >= 0.6 is 11.6 Å². The van der Waals surface area contributed by atoms with E-state index in [-0.39, 0.29) is 5.57 Å². The maximum absolute atomic E-state index is 12.3. The topological polar surface area (TPSA) is 83.4 Å². The molecule has 0 fully saturated rings. The predicted octanol–water partition coefficient (Wildman–Crippen LogP) is 4.12. The number of nitriles is 1. The van der Waals surface area contributed by atoms with Crippen molar-refractivity contribution in [1.82, 2.24) is 0 Å². The van der Waals surface area contributed by atoms with E-state index >= 15 is 0 Å². The number of methoxy groups -OCH3 is 2. The molecule has 0 saturated carbocycles. The average molecular weight is 372 g/mol. The molecule has 0 saturated heterocycles. The molecule has 2 aromatic carbocycles. The number of anilines is 2. The highest BCUT2D eigenvalue weighted by Crippen LogP contribution is 2.29. The lowest BCUT2D eigenvalue weighted by Crippen LogP contribution is -2.14. The van der Waals surface area contributed by atoms with Gasteiger partial charge in [-0.2, -0.15) is 5.26 Å². The lowest BCUT2D eigenvalue weighted by molar-refractivity contribution is -0.112. The quantitative estimate of drug-likeness (QED) is 0.589. The van der Waals surface area contributed by atoms with Gasteiger partial charge in [0.05, 0.1) is 19.9 Å². The number of hydrogen-bond donors (Lipinski definition) is 2. The zero-order chi connectivity index (χ0) is 19.1. The summed E-state index contributed by atoms with van der Waals surface area (Å²) in [6.45, 7) is 1.86. The van der Waals surface area contributed by atoms with Crippen molar-refractivity contribution in [3.05, 3.63) is 58.8 Å². The summed E-state index contributed by atoms with van der Waals surface area (Å²) in [6.07, 6.45) is 1.31. The van der Waals surface area contributed by atoms with Crippen LogP contribution in [0.25, 0.3) is 0 Å². The van der Waals surface area contributed by atoms with E-state index in [4.69, 9.17) is 21.1 Å². The fourth-order valence-corrected chi connectivity index (χ4v) is 2.27. The molecule has 7 heteroatoms. The number of carbonyl (C=O) groups is 1. The molecule has 2 N–H and O–H groups in total. The van der Waals surface area contributed by atoms with Gasteiger partial charge in [-0.05, 0) is 36.8 Å². The Kier molecular flexibility index (Phi) is 6.48. The second kappa shape index (κ2) is 8.79. The lowest BCUT2D eigenvalue weighted by atomic mass is 10.2. The third kappa shape index (κ3) is 4.68. The third-order valence-corrected chi connectivity index (χ3v) is 3.98. The molecule has 0 aromatic heterocycles. The number of hydrogen-bond acceptors (Lipinski definition) is 5. The van der Waals surface area contributed by atoms with Crippen LogP contribution in [0.5, 0.6) is 11.5 Å². The van der Waals surface area contributed by atoms with Gasteiger partial charge in [0.1, 0.15) is 23.1 Å². The van der Waals surface area contributed by atoms with E-state index in [2.05, 4.69) is 10.6 Å². The zero-order valence-corrected chi connectivity index (χ0v) is 15.3. The number of halogens is 1. The van der Waals surface area contributed by atoms with E-state index in [1.807, 2.05) is 13.0 Å². The van der Waals surface area contributed by atoms with Crippen molar-refractivity contribution in [2.75, 3.05) is 24.9 Å². The van der Waals surface area contributed by atoms with E-state index in [9.17, 15) is 10.1 Å². The van der Waals surface area contributed by atoms with E-state index in [0.717, 1.165) is 5.56 Å². The zero-order valence-electron chi connectivity index (χ0n) is 14.6. The predicted molar refractivity (Wildman–Crippen MR) is 102 cm³/mol. The fourth-order valence-electron chi connectivity index (χ4n) is 2.09. The normalized spacial score (nSPS) is 10.7. The molecule has 0 bridgehead atoms. The number of ether oxygens (including phenoxy) is 2. The Morgan fingerprint density at radius 3 is 2.58 bits per heavy atom. The molecule has 134 valence electrons. The van der Waals surface area contributed by atoms with E-state index in [0.29, 0.717) is 27.9 Å². The van der Waals surface area contributed by atoms with Crippen molar-refractivity contribution in [2.45, 2.75) is 6.92 Å². The van der Waals surface area contributed by atoms with Crippen molar-refractivity contribution in [2.24, 2.45) is 0 Å². The second-order valence-electron chi connectivity index (χ2n) is 5.30. The third-order valence-electron chi connectivity index (χ3n) is 3.58. The number of rotatable bonds is 6. The number of amides is 1. The van der Waals surface area contributed by atoms with Gasteiger partial charge >= 0.3 is 0 Å². The Bertz CT molecular complexity index is 888. The Morgan fingerprint density at radius 2 is 1.96 bits per heavy atom. The van der Waals surface area contributed by atoms with Crippen LogP contribution in [-0.4, -0.2) is 20.1 Å². The van der Waals surface area contributed by atoms with E-state index in [1.165, 1.54) is 13.3 Å². The molecule has 0 aliphatic carbocycles. The van der Waals surface area contributed by atoms with Crippen LogP contribution in [-0.2, 0) is 4.79 Å². The van der Waals surface area contributed by atoms with Gasteiger partial charge in [0, 0.05) is 23.0 Å². The van der Waals surface area contributed by atoms with E-state index < -0.39 is 5.91 Å². The Balaban J connectivity index is 2.15. The summed E-state index contributed by atoms with van der Waals surface area (Å²) in [7, 11) is 3.07. The van der Waals surface area contributed by atoms with Crippen LogP contribution < -0.4 is 20.1 Å². The molecule has 0 heterocycles. The van der Waals surface area contributed by atoms with Crippen LogP contribution in [0, 0.1) is 18.3 Å². The SMILES string of the molecule is COc1ccc(N/C=C(/C#N)C(=O)Nc2ccc(C)c(Cl)c2)c(OC)c1. The van der Waals surface area contributed by atoms with Gasteiger partial charge < -0.3 is 20.1 Å². The van der Waals surface area contributed by atoms with Crippen LogP contribution in [0.3, 0.4) is 0 Å². The van der Waals surface area contributed by atoms with Crippen LogP contribution in [0.4, 0.5) is 11.4 Å². The Hall–Kier alpha value is -3.17. The van der Waals surface area contributed by atoms with Gasteiger partial charge in [-0.25, -0.2) is 0 Å². The number of nitrogens with one attached hydrogen (secondary N) is 2. The second-order valence-corrected chi connectivity index (χ2v) is 5.71. The van der Waals surface area contributed by atoms with Crippen molar-refractivity contribution < 1.29 is 14.3 Å². The highest BCUT2D eigenvalue weighted by atomic mass is 35.5. The molecule has 0 aliphatic heterocycles. The highest BCUT2D eigenvalue weighted by molar-refractivity contribution is 6.31. The van der Waals surface area contributed by atoms with Gasteiger partial charge in [0.2, 0.25) is 0 Å². The Labute approximate surface area is 157 Å². The molecule has 2 aromatic rings.